The monoisotopic (exact) mass is 215 g/mol. The number of carbonyl (C=O) groups excluding carboxylic acids is 1. The molecule has 1 aliphatic heterocycles. The average Bonchev–Trinajstić information content (AvgIpc) is 2.17. The number of nitrogens with zero attached hydrogens (tertiary/aromatic N) is 1. The van der Waals surface area contributed by atoms with Crippen LogP contribution in [0.15, 0.2) is 0 Å². The van der Waals surface area contributed by atoms with E-state index in [9.17, 15) is 4.79 Å². The largest absolute Gasteiger partial charge is 0.462 e. The van der Waals surface area contributed by atoms with Crippen molar-refractivity contribution in [1.82, 2.24) is 4.90 Å². The summed E-state index contributed by atoms with van der Waals surface area (Å²) in [4.78, 5) is 13.6. The van der Waals surface area contributed by atoms with Crippen molar-refractivity contribution >= 4 is 5.97 Å². The van der Waals surface area contributed by atoms with Crippen LogP contribution in [0.2, 0.25) is 0 Å². The van der Waals surface area contributed by atoms with Gasteiger partial charge in [-0.2, -0.15) is 0 Å². The van der Waals surface area contributed by atoms with Crippen LogP contribution in [0.3, 0.4) is 0 Å². The zero-order valence-corrected chi connectivity index (χ0v) is 9.86. The van der Waals surface area contributed by atoms with E-state index in [0.717, 1.165) is 19.6 Å². The van der Waals surface area contributed by atoms with Gasteiger partial charge in [0.25, 0.3) is 0 Å². The van der Waals surface area contributed by atoms with E-state index in [0.29, 0.717) is 19.2 Å². The van der Waals surface area contributed by atoms with Gasteiger partial charge >= 0.3 is 5.97 Å². The van der Waals surface area contributed by atoms with Gasteiger partial charge in [0.1, 0.15) is 0 Å². The third kappa shape index (κ3) is 4.18. The molecular weight excluding hydrogens is 194 g/mol. The molecular formula is C11H21NO3. The van der Waals surface area contributed by atoms with Crippen molar-refractivity contribution in [3.63, 3.8) is 0 Å². The predicted octanol–water partition coefficient (Wildman–Crippen LogP) is 1.05. The van der Waals surface area contributed by atoms with Gasteiger partial charge in [-0.3, -0.25) is 9.69 Å². The van der Waals surface area contributed by atoms with E-state index in [1.807, 2.05) is 13.8 Å². The summed E-state index contributed by atoms with van der Waals surface area (Å²) in [5.74, 6) is -0.134. The zero-order chi connectivity index (χ0) is 11.3. The van der Waals surface area contributed by atoms with Crippen molar-refractivity contribution in [2.75, 3.05) is 26.3 Å². The molecule has 1 saturated heterocycles. The molecule has 88 valence electrons. The highest BCUT2D eigenvalue weighted by molar-refractivity contribution is 5.71. The second-order valence-electron chi connectivity index (χ2n) is 4.15. The normalized spacial score (nSPS) is 23.1. The first-order chi connectivity index (χ1) is 7.13. The lowest BCUT2D eigenvalue weighted by molar-refractivity contribution is -0.151. The second kappa shape index (κ2) is 6.08. The molecule has 4 nitrogen and oxygen atoms in total. The van der Waals surface area contributed by atoms with Crippen molar-refractivity contribution in [3.05, 3.63) is 0 Å². The van der Waals surface area contributed by atoms with Gasteiger partial charge in [-0.15, -0.1) is 0 Å². The maximum absolute atomic E-state index is 11.5. The third-order valence-electron chi connectivity index (χ3n) is 2.52. The number of carbonyl (C=O) groups is 1. The van der Waals surface area contributed by atoms with Gasteiger partial charge in [-0.25, -0.2) is 0 Å². The summed E-state index contributed by atoms with van der Waals surface area (Å²) >= 11 is 0. The first-order valence-corrected chi connectivity index (χ1v) is 5.64. The van der Waals surface area contributed by atoms with Crippen LogP contribution in [-0.2, 0) is 14.3 Å². The van der Waals surface area contributed by atoms with E-state index >= 15 is 0 Å². The molecule has 0 spiro atoms. The molecule has 0 aliphatic carbocycles. The molecule has 1 heterocycles. The summed E-state index contributed by atoms with van der Waals surface area (Å²) in [5, 5.41) is 0. The molecule has 0 saturated carbocycles. The Kier molecular flexibility index (Phi) is 5.05. The van der Waals surface area contributed by atoms with E-state index in [4.69, 9.17) is 9.47 Å². The van der Waals surface area contributed by atoms with Gasteiger partial charge in [0.05, 0.1) is 25.9 Å². The summed E-state index contributed by atoms with van der Waals surface area (Å²) in [6, 6.07) is 0.360. The number of morpholine rings is 1. The molecule has 0 N–H and O–H groups in total. The number of esters is 1. The lowest BCUT2D eigenvalue weighted by atomic mass is 10.2. The Morgan fingerprint density at radius 3 is 2.93 bits per heavy atom. The summed E-state index contributed by atoms with van der Waals surface area (Å²) < 4.78 is 10.5. The van der Waals surface area contributed by atoms with E-state index in [2.05, 4.69) is 11.8 Å². The van der Waals surface area contributed by atoms with Crippen LogP contribution in [0.5, 0.6) is 0 Å². The molecule has 0 aromatic carbocycles. The van der Waals surface area contributed by atoms with Crippen molar-refractivity contribution < 1.29 is 14.3 Å². The minimum atomic E-state index is -0.134. The van der Waals surface area contributed by atoms with Crippen LogP contribution in [-0.4, -0.2) is 49.3 Å². The molecule has 0 amide bonds. The van der Waals surface area contributed by atoms with Crippen LogP contribution < -0.4 is 0 Å². The Morgan fingerprint density at radius 2 is 2.33 bits per heavy atom. The lowest BCUT2D eigenvalue weighted by Crippen LogP contribution is -2.47. The molecule has 0 aromatic rings. The fourth-order valence-corrected chi connectivity index (χ4v) is 1.74. The summed E-state index contributed by atoms with van der Waals surface area (Å²) in [7, 11) is 0. The van der Waals surface area contributed by atoms with Crippen LogP contribution in [0.4, 0.5) is 0 Å². The molecule has 15 heavy (non-hydrogen) atoms. The molecule has 1 rings (SSSR count). The first-order valence-electron chi connectivity index (χ1n) is 5.64. The van der Waals surface area contributed by atoms with Gasteiger partial charge < -0.3 is 9.47 Å². The zero-order valence-electron chi connectivity index (χ0n) is 9.86. The number of rotatable bonds is 4. The second-order valence-corrected chi connectivity index (χ2v) is 4.15. The standard InChI is InChI=1S/C11H21NO3/c1-4-10-8-14-6-5-12(10)7-11(13)15-9(2)3/h9-10H,4-8H2,1-3H3. The number of hydrogen-bond acceptors (Lipinski definition) is 4. The maximum atomic E-state index is 11.5. The van der Waals surface area contributed by atoms with Crippen molar-refractivity contribution in [2.45, 2.75) is 39.3 Å². The SMILES string of the molecule is CCC1COCCN1CC(=O)OC(C)C. The fraction of sp³-hybridized carbons (Fsp3) is 0.909. The topological polar surface area (TPSA) is 38.8 Å². The van der Waals surface area contributed by atoms with Gasteiger partial charge in [0.2, 0.25) is 0 Å². The number of hydrogen-bond donors (Lipinski definition) is 0. The molecule has 1 aliphatic rings. The maximum Gasteiger partial charge on any atom is 0.320 e. The van der Waals surface area contributed by atoms with Crippen LogP contribution in [0.1, 0.15) is 27.2 Å². The molecule has 0 radical (unpaired) electrons. The van der Waals surface area contributed by atoms with Crippen molar-refractivity contribution in [3.8, 4) is 0 Å². The van der Waals surface area contributed by atoms with Gasteiger partial charge in [-0.1, -0.05) is 6.92 Å². The Morgan fingerprint density at radius 1 is 1.60 bits per heavy atom. The Bertz CT molecular complexity index is 206. The molecule has 1 atom stereocenters. The van der Waals surface area contributed by atoms with E-state index in [-0.39, 0.29) is 12.1 Å². The minimum absolute atomic E-state index is 0.0291. The molecule has 1 fully saturated rings. The Balaban J connectivity index is 2.37. The third-order valence-corrected chi connectivity index (χ3v) is 2.52. The van der Waals surface area contributed by atoms with Gasteiger partial charge in [-0.05, 0) is 20.3 Å². The van der Waals surface area contributed by atoms with Crippen molar-refractivity contribution in [2.24, 2.45) is 0 Å². The molecule has 4 heteroatoms. The molecule has 0 aromatic heterocycles. The first kappa shape index (κ1) is 12.5. The number of ether oxygens (including phenoxy) is 2. The van der Waals surface area contributed by atoms with Gasteiger partial charge in [0, 0.05) is 12.6 Å². The highest BCUT2D eigenvalue weighted by Gasteiger charge is 2.23. The molecule has 1 unspecified atom stereocenters. The van der Waals surface area contributed by atoms with Crippen LogP contribution in [0.25, 0.3) is 0 Å². The Labute approximate surface area is 91.5 Å². The smallest absolute Gasteiger partial charge is 0.320 e. The van der Waals surface area contributed by atoms with Crippen LogP contribution in [0, 0.1) is 0 Å². The minimum Gasteiger partial charge on any atom is -0.462 e. The van der Waals surface area contributed by atoms with Crippen LogP contribution >= 0.6 is 0 Å². The fourth-order valence-electron chi connectivity index (χ4n) is 1.74. The lowest BCUT2D eigenvalue weighted by Gasteiger charge is -2.34. The quantitative estimate of drug-likeness (QED) is 0.657. The predicted molar refractivity (Wildman–Crippen MR) is 57.7 cm³/mol. The summed E-state index contributed by atoms with van der Waals surface area (Å²) in [6.45, 7) is 8.51. The van der Waals surface area contributed by atoms with Gasteiger partial charge in [0.15, 0.2) is 0 Å². The molecule has 0 bridgehead atoms. The average molecular weight is 215 g/mol. The Hall–Kier alpha value is -0.610. The van der Waals surface area contributed by atoms with E-state index in [1.54, 1.807) is 0 Å². The highest BCUT2D eigenvalue weighted by Crippen LogP contribution is 2.10. The highest BCUT2D eigenvalue weighted by atomic mass is 16.5. The summed E-state index contributed by atoms with van der Waals surface area (Å²) in [6.07, 6.45) is 0.980. The van der Waals surface area contributed by atoms with E-state index < -0.39 is 0 Å². The van der Waals surface area contributed by atoms with E-state index in [1.165, 1.54) is 0 Å². The summed E-state index contributed by atoms with van der Waals surface area (Å²) in [5.41, 5.74) is 0. The van der Waals surface area contributed by atoms with Crippen molar-refractivity contribution in [1.29, 1.82) is 0 Å².